The highest BCUT2D eigenvalue weighted by molar-refractivity contribution is 8.00. The van der Waals surface area contributed by atoms with E-state index in [1.165, 1.54) is 28.2 Å². The van der Waals surface area contributed by atoms with Gasteiger partial charge in [-0.15, -0.1) is 5.10 Å². The van der Waals surface area contributed by atoms with Crippen molar-refractivity contribution in [1.29, 1.82) is 0 Å². The van der Waals surface area contributed by atoms with Gasteiger partial charge in [0.2, 0.25) is 15.2 Å². The third-order valence-corrected chi connectivity index (χ3v) is 7.76. The number of rotatable bonds is 7. The van der Waals surface area contributed by atoms with Crippen molar-refractivity contribution in [2.24, 2.45) is 0 Å². The van der Waals surface area contributed by atoms with Crippen molar-refractivity contribution in [2.75, 3.05) is 33.4 Å². The maximum atomic E-state index is 13.3. The molecule has 168 valence electrons. The standard InChI is InChI=1S/C18H18N6O6S2/c1-29-15-5-3-2-4-14(15)23-18(19-20-21-23)31-16-7-6-13(24(25)26)12-17(16)32(27,28)22-8-10-30-11-9-22/h2-7,12H,8-11H2,1H3. The number of hydrogen-bond acceptors (Lipinski definition) is 10. The van der Waals surface area contributed by atoms with E-state index in [9.17, 15) is 18.5 Å². The fourth-order valence-corrected chi connectivity index (χ4v) is 5.85. The summed E-state index contributed by atoms with van der Waals surface area (Å²) in [6.45, 7) is 0.827. The van der Waals surface area contributed by atoms with Crippen LogP contribution in [0.5, 0.6) is 5.75 Å². The topological polar surface area (TPSA) is 143 Å². The van der Waals surface area contributed by atoms with E-state index in [0.29, 0.717) is 11.4 Å². The molecule has 12 nitrogen and oxygen atoms in total. The number of ether oxygens (including phenoxy) is 2. The zero-order chi connectivity index (χ0) is 22.7. The van der Waals surface area contributed by atoms with Crippen LogP contribution in [-0.2, 0) is 14.8 Å². The molecule has 0 atom stereocenters. The molecule has 0 aliphatic carbocycles. The summed E-state index contributed by atoms with van der Waals surface area (Å²) in [6, 6.07) is 10.8. The summed E-state index contributed by atoms with van der Waals surface area (Å²) < 4.78 is 39.9. The highest BCUT2D eigenvalue weighted by Gasteiger charge is 2.31. The number of para-hydroxylation sites is 2. The minimum Gasteiger partial charge on any atom is -0.494 e. The molecule has 32 heavy (non-hydrogen) atoms. The Hall–Kier alpha value is -3.07. The minimum absolute atomic E-state index is 0.161. The Labute approximate surface area is 187 Å². The van der Waals surface area contributed by atoms with Crippen LogP contribution >= 0.6 is 11.8 Å². The number of non-ortho nitro benzene ring substituents is 1. The fourth-order valence-electron chi connectivity index (χ4n) is 3.12. The van der Waals surface area contributed by atoms with Crippen LogP contribution in [0, 0.1) is 10.1 Å². The molecule has 1 aliphatic heterocycles. The SMILES string of the molecule is COc1ccccc1-n1nnnc1Sc1ccc([N+](=O)[O-])cc1S(=O)(=O)N1CCOCC1. The molecule has 1 fully saturated rings. The number of benzene rings is 2. The fraction of sp³-hybridized carbons (Fsp3) is 0.278. The van der Waals surface area contributed by atoms with Gasteiger partial charge in [0.05, 0.1) is 25.2 Å². The summed E-state index contributed by atoms with van der Waals surface area (Å²) in [6.07, 6.45) is 0. The number of methoxy groups -OCH3 is 1. The Morgan fingerprint density at radius 3 is 2.66 bits per heavy atom. The summed E-state index contributed by atoms with van der Waals surface area (Å²) >= 11 is 0.984. The zero-order valence-electron chi connectivity index (χ0n) is 16.8. The summed E-state index contributed by atoms with van der Waals surface area (Å²) in [5, 5.41) is 23.3. The lowest BCUT2D eigenvalue weighted by Crippen LogP contribution is -2.40. The monoisotopic (exact) mass is 478 g/mol. The van der Waals surface area contributed by atoms with E-state index < -0.39 is 14.9 Å². The molecule has 14 heteroatoms. The Balaban J connectivity index is 1.77. The third kappa shape index (κ3) is 4.29. The van der Waals surface area contributed by atoms with E-state index >= 15 is 0 Å². The molecule has 0 N–H and O–H groups in total. The van der Waals surface area contributed by atoms with Crippen LogP contribution in [0.1, 0.15) is 0 Å². The van der Waals surface area contributed by atoms with Crippen LogP contribution in [0.2, 0.25) is 0 Å². The summed E-state index contributed by atoms with van der Waals surface area (Å²) in [7, 11) is -2.50. The molecule has 0 bridgehead atoms. The first kappa shape index (κ1) is 22.1. The number of nitro benzene ring substituents is 1. The van der Waals surface area contributed by atoms with Gasteiger partial charge in [0.25, 0.3) is 5.69 Å². The van der Waals surface area contributed by atoms with Crippen molar-refractivity contribution >= 4 is 27.5 Å². The van der Waals surface area contributed by atoms with E-state index in [4.69, 9.17) is 9.47 Å². The molecule has 0 saturated carbocycles. The number of aromatic nitrogens is 4. The molecule has 1 aromatic heterocycles. The predicted molar refractivity (Wildman–Crippen MR) is 113 cm³/mol. The van der Waals surface area contributed by atoms with E-state index in [-0.39, 0.29) is 46.9 Å². The smallest absolute Gasteiger partial charge is 0.270 e. The van der Waals surface area contributed by atoms with Gasteiger partial charge in [0, 0.05) is 30.1 Å². The van der Waals surface area contributed by atoms with E-state index in [2.05, 4.69) is 15.5 Å². The highest BCUT2D eigenvalue weighted by Crippen LogP contribution is 2.37. The largest absolute Gasteiger partial charge is 0.494 e. The highest BCUT2D eigenvalue weighted by atomic mass is 32.2. The Bertz CT molecular complexity index is 1240. The number of morpholine rings is 1. The number of tetrazole rings is 1. The van der Waals surface area contributed by atoms with Gasteiger partial charge in [-0.25, -0.2) is 8.42 Å². The lowest BCUT2D eigenvalue weighted by atomic mass is 10.3. The van der Waals surface area contributed by atoms with Crippen LogP contribution in [0.4, 0.5) is 5.69 Å². The molecule has 3 aromatic rings. The average Bonchev–Trinajstić information content (AvgIpc) is 3.27. The first-order chi connectivity index (χ1) is 15.4. The van der Waals surface area contributed by atoms with E-state index in [1.807, 2.05) is 0 Å². The molecule has 2 aromatic carbocycles. The summed E-state index contributed by atoms with van der Waals surface area (Å²) in [4.78, 5) is 10.8. The van der Waals surface area contributed by atoms with Gasteiger partial charge >= 0.3 is 0 Å². The lowest BCUT2D eigenvalue weighted by Gasteiger charge is -2.26. The lowest BCUT2D eigenvalue weighted by molar-refractivity contribution is -0.385. The van der Waals surface area contributed by atoms with Crippen LogP contribution < -0.4 is 4.74 Å². The normalized spacial score (nSPS) is 14.9. The van der Waals surface area contributed by atoms with Gasteiger partial charge in [-0.2, -0.15) is 8.99 Å². The molecule has 1 aliphatic rings. The second kappa shape index (κ2) is 9.20. The van der Waals surface area contributed by atoms with Gasteiger partial charge in [-0.1, -0.05) is 12.1 Å². The number of nitrogens with zero attached hydrogens (tertiary/aromatic N) is 6. The molecule has 0 amide bonds. The second-order valence-corrected chi connectivity index (χ2v) is 9.47. The quantitative estimate of drug-likeness (QED) is 0.364. The molecule has 0 unspecified atom stereocenters. The maximum absolute atomic E-state index is 13.3. The van der Waals surface area contributed by atoms with Gasteiger partial charge < -0.3 is 9.47 Å². The van der Waals surface area contributed by atoms with Gasteiger partial charge in [0.15, 0.2) is 0 Å². The van der Waals surface area contributed by atoms with Gasteiger partial charge in [0.1, 0.15) is 16.3 Å². The molecular weight excluding hydrogens is 460 g/mol. The summed E-state index contributed by atoms with van der Waals surface area (Å²) in [5.41, 5.74) is 0.229. The van der Waals surface area contributed by atoms with Crippen molar-refractivity contribution in [3.8, 4) is 11.4 Å². The molecule has 2 heterocycles. The molecule has 0 spiro atoms. The second-order valence-electron chi connectivity index (χ2n) is 6.55. The van der Waals surface area contributed by atoms with Crippen LogP contribution in [0.15, 0.2) is 57.4 Å². The third-order valence-electron chi connectivity index (χ3n) is 4.68. The molecule has 4 rings (SSSR count). The maximum Gasteiger partial charge on any atom is 0.270 e. The zero-order valence-corrected chi connectivity index (χ0v) is 18.5. The number of sulfonamides is 1. The van der Waals surface area contributed by atoms with E-state index in [1.54, 1.807) is 24.3 Å². The van der Waals surface area contributed by atoms with Crippen molar-refractivity contribution in [1.82, 2.24) is 24.5 Å². The molecule has 0 radical (unpaired) electrons. The van der Waals surface area contributed by atoms with Gasteiger partial charge in [-0.3, -0.25) is 10.1 Å². The first-order valence-corrected chi connectivity index (χ1v) is 11.6. The van der Waals surface area contributed by atoms with Crippen molar-refractivity contribution in [2.45, 2.75) is 14.9 Å². The first-order valence-electron chi connectivity index (χ1n) is 9.38. The van der Waals surface area contributed by atoms with E-state index in [0.717, 1.165) is 17.8 Å². The molecular formula is C18H18N6O6S2. The van der Waals surface area contributed by atoms with Crippen LogP contribution in [0.3, 0.4) is 0 Å². The van der Waals surface area contributed by atoms with Crippen LogP contribution in [-0.4, -0.2) is 71.3 Å². The van der Waals surface area contributed by atoms with Crippen molar-refractivity contribution in [3.63, 3.8) is 0 Å². The predicted octanol–water partition coefficient (Wildman–Crippen LogP) is 1.75. The number of hydrogen-bond donors (Lipinski definition) is 0. The summed E-state index contributed by atoms with van der Waals surface area (Å²) in [5.74, 6) is 0.520. The average molecular weight is 479 g/mol. The molecule has 1 saturated heterocycles. The van der Waals surface area contributed by atoms with Gasteiger partial charge in [-0.05, 0) is 40.4 Å². The Morgan fingerprint density at radius 2 is 1.94 bits per heavy atom. The van der Waals surface area contributed by atoms with Crippen molar-refractivity contribution in [3.05, 3.63) is 52.6 Å². The van der Waals surface area contributed by atoms with Crippen molar-refractivity contribution < 1.29 is 22.8 Å². The Kier molecular flexibility index (Phi) is 6.36. The Morgan fingerprint density at radius 1 is 1.19 bits per heavy atom. The minimum atomic E-state index is -4.02. The van der Waals surface area contributed by atoms with Crippen LogP contribution in [0.25, 0.3) is 5.69 Å². The number of nitro groups is 1.